The van der Waals surface area contributed by atoms with Crippen molar-refractivity contribution in [3.05, 3.63) is 50.1 Å². The minimum absolute atomic E-state index is 0.102. The van der Waals surface area contributed by atoms with Crippen LogP contribution in [0.4, 0.5) is 5.69 Å². The summed E-state index contributed by atoms with van der Waals surface area (Å²) in [5.74, 6) is 0.929. The number of likely N-dealkylation sites (tertiary alicyclic amines) is 1. The molecule has 0 unspecified atom stereocenters. The van der Waals surface area contributed by atoms with Gasteiger partial charge in [-0.25, -0.2) is 0 Å². The number of carbonyl (C=O) groups excluding carboxylic acids is 1. The maximum absolute atomic E-state index is 12.6. The number of carbonyl (C=O) groups is 1. The summed E-state index contributed by atoms with van der Waals surface area (Å²) in [6.45, 7) is 7.92. The molecule has 0 radical (unpaired) electrons. The van der Waals surface area contributed by atoms with E-state index >= 15 is 0 Å². The number of hydrogen-bond acceptors (Lipinski definition) is 4. The van der Waals surface area contributed by atoms with Crippen molar-refractivity contribution in [2.24, 2.45) is 0 Å². The Kier molecular flexibility index (Phi) is 8.16. The number of thiocarbonyl (C=S) groups is 1. The number of nitrogens with zero attached hydrogens (tertiary/aromatic N) is 1. The van der Waals surface area contributed by atoms with Gasteiger partial charge in [-0.1, -0.05) is 29.9 Å². The summed E-state index contributed by atoms with van der Waals surface area (Å²) in [7, 11) is 1.60. The maximum Gasteiger partial charge on any atom is 0.262 e. The maximum atomic E-state index is 12.6. The molecule has 0 aromatic heterocycles. The lowest BCUT2D eigenvalue weighted by Gasteiger charge is -2.29. The molecule has 31 heavy (non-hydrogen) atoms. The molecule has 1 amide bonds. The Bertz CT molecular complexity index is 964. The number of nitrogens with one attached hydrogen (secondary N) is 1. The van der Waals surface area contributed by atoms with Crippen LogP contribution >= 0.6 is 34.8 Å². The van der Waals surface area contributed by atoms with E-state index in [1.54, 1.807) is 7.11 Å². The summed E-state index contributed by atoms with van der Waals surface area (Å²) in [4.78, 5) is 15.7. The van der Waals surface area contributed by atoms with Crippen LogP contribution in [0.25, 0.3) is 0 Å². The number of halogens is 1. The lowest BCUT2D eigenvalue weighted by atomic mass is 10.1. The monoisotopic (exact) mass is 552 g/mol. The molecular weight excluding hydrogens is 523 g/mol. The lowest BCUT2D eigenvalue weighted by Crippen LogP contribution is -2.35. The van der Waals surface area contributed by atoms with E-state index in [1.807, 2.05) is 32.9 Å². The summed E-state index contributed by atoms with van der Waals surface area (Å²) < 4.78 is 12.3. The fourth-order valence-electron chi connectivity index (χ4n) is 3.95. The van der Waals surface area contributed by atoms with E-state index in [-0.39, 0.29) is 12.5 Å². The van der Waals surface area contributed by atoms with Crippen molar-refractivity contribution in [1.82, 2.24) is 4.90 Å². The predicted octanol–water partition coefficient (Wildman–Crippen LogP) is 5.40. The van der Waals surface area contributed by atoms with Crippen LogP contribution in [0.5, 0.6) is 11.5 Å². The SMILES string of the molecule is COc1cc(C(=S)N2CCCCC2)cc(I)c1OCC(=O)Nc1c(C)cc(C)cc1C. The molecule has 0 saturated carbocycles. The highest BCUT2D eigenvalue weighted by atomic mass is 127. The van der Waals surface area contributed by atoms with Gasteiger partial charge in [0.05, 0.1) is 10.7 Å². The molecule has 7 heteroatoms. The van der Waals surface area contributed by atoms with Crippen LogP contribution in [0, 0.1) is 24.3 Å². The van der Waals surface area contributed by atoms with Gasteiger partial charge in [0, 0.05) is 24.3 Å². The first-order chi connectivity index (χ1) is 14.8. The number of amides is 1. The highest BCUT2D eigenvalue weighted by molar-refractivity contribution is 14.1. The van der Waals surface area contributed by atoms with E-state index in [9.17, 15) is 4.79 Å². The zero-order valence-electron chi connectivity index (χ0n) is 18.5. The third-order valence-corrected chi connectivity index (χ3v) is 6.70. The normalized spacial score (nSPS) is 13.6. The first-order valence-corrected chi connectivity index (χ1v) is 12.0. The largest absolute Gasteiger partial charge is 0.493 e. The molecule has 1 N–H and O–H groups in total. The van der Waals surface area contributed by atoms with Crippen molar-refractivity contribution in [3.8, 4) is 11.5 Å². The van der Waals surface area contributed by atoms with Crippen LogP contribution in [-0.4, -0.2) is 42.6 Å². The van der Waals surface area contributed by atoms with Gasteiger partial charge in [0.15, 0.2) is 18.1 Å². The Hall–Kier alpha value is -1.87. The van der Waals surface area contributed by atoms with Gasteiger partial charge >= 0.3 is 0 Å². The summed E-state index contributed by atoms with van der Waals surface area (Å²) >= 11 is 7.93. The lowest BCUT2D eigenvalue weighted by molar-refractivity contribution is -0.118. The fraction of sp³-hybridized carbons (Fsp3) is 0.417. The third-order valence-electron chi connectivity index (χ3n) is 5.41. The quantitative estimate of drug-likeness (QED) is 0.384. The van der Waals surface area contributed by atoms with Gasteiger partial charge in [-0.2, -0.15) is 0 Å². The zero-order valence-corrected chi connectivity index (χ0v) is 21.5. The summed E-state index contributed by atoms with van der Waals surface area (Å²) in [6, 6.07) is 8.01. The highest BCUT2D eigenvalue weighted by Gasteiger charge is 2.20. The second-order valence-electron chi connectivity index (χ2n) is 7.95. The van der Waals surface area contributed by atoms with E-state index in [0.29, 0.717) is 11.5 Å². The topological polar surface area (TPSA) is 50.8 Å². The van der Waals surface area contributed by atoms with Crippen LogP contribution in [0.1, 0.15) is 41.5 Å². The summed E-state index contributed by atoms with van der Waals surface area (Å²) in [5.41, 5.74) is 5.03. The molecule has 1 aliphatic rings. The van der Waals surface area contributed by atoms with Gasteiger partial charge in [-0.05, 0) is 85.9 Å². The Morgan fingerprint density at radius 3 is 2.35 bits per heavy atom. The molecule has 1 heterocycles. The van der Waals surface area contributed by atoms with Crippen LogP contribution in [0.15, 0.2) is 24.3 Å². The van der Waals surface area contributed by atoms with Gasteiger partial charge in [0.25, 0.3) is 5.91 Å². The van der Waals surface area contributed by atoms with Crippen molar-refractivity contribution in [1.29, 1.82) is 0 Å². The number of rotatable bonds is 6. The van der Waals surface area contributed by atoms with Gasteiger partial charge in [0.1, 0.15) is 4.99 Å². The molecule has 2 aromatic rings. The molecule has 1 fully saturated rings. The standard InChI is InChI=1S/C24H29IN2O3S/c1-15-10-16(2)22(17(3)11-15)26-21(28)14-30-23-19(25)12-18(13-20(23)29-4)24(31)27-8-6-5-7-9-27/h10-13H,5-9,14H2,1-4H3,(H,26,28). The Balaban J connectivity index is 1.71. The fourth-order valence-corrected chi connectivity index (χ4v) is 5.01. The molecule has 1 saturated heterocycles. The molecular formula is C24H29IN2O3S. The van der Waals surface area contributed by atoms with Gasteiger partial charge in [0.2, 0.25) is 0 Å². The zero-order chi connectivity index (χ0) is 22.5. The van der Waals surface area contributed by atoms with E-state index < -0.39 is 0 Å². The van der Waals surface area contributed by atoms with E-state index in [0.717, 1.165) is 44.0 Å². The number of piperidine rings is 1. The Morgan fingerprint density at radius 1 is 1.10 bits per heavy atom. The smallest absolute Gasteiger partial charge is 0.262 e. The molecule has 166 valence electrons. The van der Waals surface area contributed by atoms with Crippen molar-refractivity contribution in [2.75, 3.05) is 32.1 Å². The predicted molar refractivity (Wildman–Crippen MR) is 138 cm³/mol. The first kappa shape index (κ1) is 23.8. The first-order valence-electron chi connectivity index (χ1n) is 10.5. The minimum atomic E-state index is -0.208. The average molecular weight is 552 g/mol. The van der Waals surface area contributed by atoms with Crippen LogP contribution in [0.3, 0.4) is 0 Å². The van der Waals surface area contributed by atoms with Crippen molar-refractivity contribution in [3.63, 3.8) is 0 Å². The summed E-state index contributed by atoms with van der Waals surface area (Å²) in [6.07, 6.45) is 3.60. The van der Waals surface area contributed by atoms with Crippen molar-refractivity contribution < 1.29 is 14.3 Å². The molecule has 1 aliphatic heterocycles. The van der Waals surface area contributed by atoms with Gasteiger partial charge in [-0.15, -0.1) is 0 Å². The molecule has 3 rings (SSSR count). The number of ether oxygens (including phenoxy) is 2. The number of methoxy groups -OCH3 is 1. The van der Waals surface area contributed by atoms with Crippen LogP contribution < -0.4 is 14.8 Å². The molecule has 0 atom stereocenters. The van der Waals surface area contributed by atoms with Crippen LogP contribution in [0.2, 0.25) is 0 Å². The summed E-state index contributed by atoms with van der Waals surface area (Å²) in [5, 5.41) is 2.97. The third kappa shape index (κ3) is 5.88. The van der Waals surface area contributed by atoms with E-state index in [2.05, 4.69) is 44.9 Å². The molecule has 5 nitrogen and oxygen atoms in total. The Morgan fingerprint density at radius 2 is 1.74 bits per heavy atom. The molecule has 0 aliphatic carbocycles. The van der Waals surface area contributed by atoms with Crippen molar-refractivity contribution in [2.45, 2.75) is 40.0 Å². The molecule has 0 spiro atoms. The molecule has 0 bridgehead atoms. The minimum Gasteiger partial charge on any atom is -0.493 e. The second kappa shape index (κ2) is 10.6. The number of benzene rings is 2. The Labute approximate surface area is 203 Å². The number of anilines is 1. The van der Waals surface area contributed by atoms with Crippen molar-refractivity contribution >= 4 is 51.4 Å². The van der Waals surface area contributed by atoms with E-state index in [1.165, 1.54) is 24.8 Å². The van der Waals surface area contributed by atoms with Crippen LogP contribution in [-0.2, 0) is 4.79 Å². The average Bonchev–Trinajstić information content (AvgIpc) is 2.74. The van der Waals surface area contributed by atoms with E-state index in [4.69, 9.17) is 21.7 Å². The highest BCUT2D eigenvalue weighted by Crippen LogP contribution is 2.35. The number of hydrogen-bond donors (Lipinski definition) is 1. The molecule has 2 aromatic carbocycles. The number of aryl methyl sites for hydroxylation is 3. The van der Waals surface area contributed by atoms with Gasteiger partial charge < -0.3 is 19.7 Å². The second-order valence-corrected chi connectivity index (χ2v) is 9.50. The van der Waals surface area contributed by atoms with Gasteiger partial charge in [-0.3, -0.25) is 4.79 Å².